The topological polar surface area (TPSA) is 126 Å². The number of carbonyl (C=O) groups excluding carboxylic acids is 2. The van der Waals surface area contributed by atoms with Gasteiger partial charge < -0.3 is 24.5 Å². The molecule has 8 heteroatoms. The van der Waals surface area contributed by atoms with Crippen molar-refractivity contribution in [2.24, 2.45) is 0 Å². The summed E-state index contributed by atoms with van der Waals surface area (Å²) < 4.78 is 9.42. The van der Waals surface area contributed by atoms with Gasteiger partial charge in [0.2, 0.25) is 6.61 Å². The summed E-state index contributed by atoms with van der Waals surface area (Å²) in [6, 6.07) is 3.53. The summed E-state index contributed by atoms with van der Waals surface area (Å²) in [4.78, 5) is 31.0. The number of carbonyl (C=O) groups is 2. The predicted octanol–water partition coefficient (Wildman–Crippen LogP) is 1.34. The monoisotopic (exact) mass is 296 g/mol. The molecule has 0 radical (unpaired) electrons. The first kappa shape index (κ1) is 16.0. The summed E-state index contributed by atoms with van der Waals surface area (Å²) in [5, 5.41) is 20.5. The third kappa shape index (κ3) is 5.23. The summed E-state index contributed by atoms with van der Waals surface area (Å²) in [5.74, 6) is -2.14. The minimum absolute atomic E-state index is 0.0610. The number of carboxylic acids is 1. The van der Waals surface area contributed by atoms with Crippen LogP contribution in [0.2, 0.25) is 0 Å². The van der Waals surface area contributed by atoms with Crippen LogP contribution in [0.3, 0.4) is 0 Å². The average molecular weight is 296 g/mol. The Balaban J connectivity index is 2.44. The SMILES string of the molecule is C=CC(=[OH+])OCCOC(=O)Nc1ccc(C(=O)O)c(O)c1. The van der Waals surface area contributed by atoms with Crippen LogP contribution < -0.4 is 5.32 Å². The highest BCUT2D eigenvalue weighted by Crippen LogP contribution is 2.21. The predicted molar refractivity (Wildman–Crippen MR) is 73.1 cm³/mol. The van der Waals surface area contributed by atoms with Gasteiger partial charge in [0.05, 0.1) is 6.08 Å². The quantitative estimate of drug-likeness (QED) is 0.315. The molecule has 21 heavy (non-hydrogen) atoms. The van der Waals surface area contributed by atoms with E-state index in [2.05, 4.69) is 11.9 Å². The Morgan fingerprint density at radius 2 is 2.00 bits per heavy atom. The fourth-order valence-electron chi connectivity index (χ4n) is 1.28. The Morgan fingerprint density at radius 3 is 2.57 bits per heavy atom. The second-order valence-corrected chi connectivity index (χ2v) is 3.69. The zero-order chi connectivity index (χ0) is 15.8. The van der Waals surface area contributed by atoms with E-state index in [1.807, 2.05) is 0 Å². The van der Waals surface area contributed by atoms with Crippen LogP contribution in [0, 0.1) is 0 Å². The number of amides is 1. The zero-order valence-electron chi connectivity index (χ0n) is 10.9. The molecule has 4 N–H and O–H groups in total. The van der Waals surface area contributed by atoms with E-state index in [0.717, 1.165) is 18.2 Å². The maximum absolute atomic E-state index is 11.4. The molecule has 0 spiro atoms. The molecule has 0 aliphatic heterocycles. The molecule has 0 aromatic heterocycles. The lowest BCUT2D eigenvalue weighted by Crippen LogP contribution is -2.17. The number of anilines is 1. The summed E-state index contributed by atoms with van der Waals surface area (Å²) in [6.07, 6.45) is 0.270. The van der Waals surface area contributed by atoms with Crippen LogP contribution in [-0.2, 0) is 9.47 Å². The number of ether oxygens (including phenoxy) is 2. The van der Waals surface area contributed by atoms with Gasteiger partial charge in [-0.1, -0.05) is 6.58 Å². The molecule has 112 valence electrons. The van der Waals surface area contributed by atoms with Gasteiger partial charge in [0.15, 0.2) is 6.61 Å². The van der Waals surface area contributed by atoms with Crippen molar-refractivity contribution in [3.8, 4) is 5.75 Å². The molecule has 0 unspecified atom stereocenters. The molecule has 0 aliphatic carbocycles. The van der Waals surface area contributed by atoms with Crippen molar-refractivity contribution < 1.29 is 34.1 Å². The third-order valence-corrected chi connectivity index (χ3v) is 2.22. The van der Waals surface area contributed by atoms with Crippen LogP contribution in [0.25, 0.3) is 0 Å². The number of hydrogen-bond donors (Lipinski definition) is 3. The lowest BCUT2D eigenvalue weighted by atomic mass is 10.2. The summed E-state index contributed by atoms with van der Waals surface area (Å²) in [7, 11) is 0. The van der Waals surface area contributed by atoms with Crippen LogP contribution >= 0.6 is 0 Å². The van der Waals surface area contributed by atoms with Crippen molar-refractivity contribution >= 4 is 23.7 Å². The minimum Gasteiger partial charge on any atom is -0.507 e. The van der Waals surface area contributed by atoms with E-state index < -0.39 is 17.8 Å². The Morgan fingerprint density at radius 1 is 1.33 bits per heavy atom. The van der Waals surface area contributed by atoms with Crippen LogP contribution in [0.4, 0.5) is 10.5 Å². The van der Waals surface area contributed by atoms with Crippen LogP contribution in [0.15, 0.2) is 30.9 Å². The summed E-state index contributed by atoms with van der Waals surface area (Å²) >= 11 is 0. The van der Waals surface area contributed by atoms with E-state index in [0.29, 0.717) is 0 Å². The van der Waals surface area contributed by atoms with Gasteiger partial charge in [-0.15, -0.1) is 0 Å². The number of aromatic hydroxyl groups is 1. The molecular weight excluding hydrogens is 282 g/mol. The van der Waals surface area contributed by atoms with Crippen LogP contribution in [0.5, 0.6) is 5.75 Å². The molecule has 1 rings (SSSR count). The molecule has 0 bridgehead atoms. The van der Waals surface area contributed by atoms with Gasteiger partial charge in [0, 0.05) is 11.8 Å². The maximum atomic E-state index is 11.4. The number of phenols is 1. The highest BCUT2D eigenvalue weighted by atomic mass is 16.6. The number of hydrogen-bond acceptors (Lipinski definition) is 5. The molecular formula is C13H14NO7+. The fourth-order valence-corrected chi connectivity index (χ4v) is 1.28. The lowest BCUT2D eigenvalue weighted by molar-refractivity contribution is 0.0693. The van der Waals surface area contributed by atoms with E-state index in [-0.39, 0.29) is 30.4 Å². The molecule has 0 saturated heterocycles. The van der Waals surface area contributed by atoms with Crippen molar-refractivity contribution in [1.29, 1.82) is 0 Å². The number of carboxylic acid groups (broad SMARTS) is 1. The van der Waals surface area contributed by atoms with E-state index in [4.69, 9.17) is 19.4 Å². The second kappa shape index (κ2) is 7.53. The van der Waals surface area contributed by atoms with E-state index in [1.54, 1.807) is 0 Å². The van der Waals surface area contributed by atoms with Crippen molar-refractivity contribution in [1.82, 2.24) is 0 Å². The lowest BCUT2D eigenvalue weighted by Gasteiger charge is -2.07. The van der Waals surface area contributed by atoms with Gasteiger partial charge in [0.1, 0.15) is 11.3 Å². The molecule has 0 aliphatic rings. The van der Waals surface area contributed by atoms with Crippen LogP contribution in [-0.4, -0.2) is 46.3 Å². The highest BCUT2D eigenvalue weighted by molar-refractivity contribution is 5.92. The molecule has 0 saturated carbocycles. The number of aromatic carboxylic acids is 1. The third-order valence-electron chi connectivity index (χ3n) is 2.22. The molecule has 0 fully saturated rings. The van der Waals surface area contributed by atoms with Gasteiger partial charge in [-0.2, -0.15) is 0 Å². The van der Waals surface area contributed by atoms with Crippen molar-refractivity contribution in [2.75, 3.05) is 18.5 Å². The molecule has 0 heterocycles. The largest absolute Gasteiger partial charge is 0.509 e. The smallest absolute Gasteiger partial charge is 0.507 e. The maximum Gasteiger partial charge on any atom is 0.509 e. The van der Waals surface area contributed by atoms with E-state index >= 15 is 0 Å². The molecule has 1 aromatic carbocycles. The number of rotatable bonds is 6. The number of nitrogens with one attached hydrogen (secondary N) is 1. The van der Waals surface area contributed by atoms with Gasteiger partial charge in [-0.3, -0.25) is 5.32 Å². The summed E-state index contributed by atoms with van der Waals surface area (Å²) in [6.45, 7) is 3.08. The van der Waals surface area contributed by atoms with Crippen molar-refractivity contribution in [3.05, 3.63) is 36.4 Å². The first-order valence-corrected chi connectivity index (χ1v) is 5.75. The van der Waals surface area contributed by atoms with Gasteiger partial charge in [-0.25, -0.2) is 9.59 Å². The zero-order valence-corrected chi connectivity index (χ0v) is 10.9. The normalized spacial score (nSPS) is 9.52. The first-order valence-electron chi connectivity index (χ1n) is 5.75. The van der Waals surface area contributed by atoms with Gasteiger partial charge in [0.25, 0.3) is 0 Å². The van der Waals surface area contributed by atoms with Crippen LogP contribution in [0.1, 0.15) is 10.4 Å². The van der Waals surface area contributed by atoms with Crippen molar-refractivity contribution in [3.63, 3.8) is 0 Å². The molecule has 8 nitrogen and oxygen atoms in total. The van der Waals surface area contributed by atoms with Gasteiger partial charge >= 0.3 is 18.0 Å². The van der Waals surface area contributed by atoms with E-state index in [1.165, 1.54) is 6.07 Å². The molecule has 1 amide bonds. The van der Waals surface area contributed by atoms with Crippen molar-refractivity contribution in [2.45, 2.75) is 0 Å². The minimum atomic E-state index is -1.28. The highest BCUT2D eigenvalue weighted by Gasteiger charge is 2.12. The standard InChI is InChI=1S/C13H13NO7/c1-2-11(16)20-5-6-21-13(19)14-8-3-4-9(12(17)18)10(15)7-8/h2-4,7,15H,1,5-6H2,(H,14,19)(H,17,18)/p+1. The fraction of sp³-hybridized carbons (Fsp3) is 0.154. The number of esters is 1. The Kier molecular flexibility index (Phi) is 5.75. The Hall–Kier alpha value is -3.03. The number of benzene rings is 1. The second-order valence-electron chi connectivity index (χ2n) is 3.69. The summed E-state index contributed by atoms with van der Waals surface area (Å²) in [5.41, 5.74) is -0.110. The Bertz CT molecular complexity index is 568. The van der Waals surface area contributed by atoms with E-state index in [9.17, 15) is 14.7 Å². The molecule has 1 aromatic rings. The van der Waals surface area contributed by atoms with Gasteiger partial charge in [-0.05, 0) is 12.1 Å². The average Bonchev–Trinajstić information content (AvgIpc) is 2.43. The first-order chi connectivity index (χ1) is 9.93. The molecule has 0 atom stereocenters. The Labute approximate surface area is 119 Å².